The van der Waals surface area contributed by atoms with Crippen molar-refractivity contribution < 1.29 is 9.53 Å². The third-order valence-electron chi connectivity index (χ3n) is 2.52. The number of carbonyl (C=O) groups excluding carboxylic acids is 1. The lowest BCUT2D eigenvalue weighted by Gasteiger charge is -2.14. The lowest BCUT2D eigenvalue weighted by atomic mass is 9.99. The van der Waals surface area contributed by atoms with Crippen molar-refractivity contribution in [3.05, 3.63) is 48.5 Å². The molecule has 1 atom stereocenters. The highest BCUT2D eigenvalue weighted by Gasteiger charge is 2.21. The van der Waals surface area contributed by atoms with Crippen LogP contribution >= 0.6 is 0 Å². The molecule has 0 bridgehead atoms. The summed E-state index contributed by atoms with van der Waals surface area (Å²) in [6.07, 6.45) is 3.03. The van der Waals surface area contributed by atoms with Gasteiger partial charge >= 0.3 is 5.97 Å². The third kappa shape index (κ3) is 2.69. The van der Waals surface area contributed by atoms with Gasteiger partial charge < -0.3 is 4.74 Å². The second-order valence-corrected chi connectivity index (χ2v) is 3.60. The lowest BCUT2D eigenvalue weighted by Crippen LogP contribution is -2.20. The van der Waals surface area contributed by atoms with Gasteiger partial charge in [-0.2, -0.15) is 5.10 Å². The van der Waals surface area contributed by atoms with E-state index in [1.807, 2.05) is 30.3 Å². The zero-order valence-corrected chi connectivity index (χ0v) is 9.48. The van der Waals surface area contributed by atoms with Gasteiger partial charge in [0.2, 0.25) is 0 Å². The van der Waals surface area contributed by atoms with Crippen LogP contribution in [0, 0.1) is 0 Å². The zero-order chi connectivity index (χ0) is 12.1. The van der Waals surface area contributed by atoms with Crippen LogP contribution < -0.4 is 0 Å². The summed E-state index contributed by atoms with van der Waals surface area (Å²) >= 11 is 0. The Morgan fingerprint density at radius 1 is 1.41 bits per heavy atom. The minimum atomic E-state index is -0.358. The maximum Gasteiger partial charge on any atom is 0.315 e. The highest BCUT2D eigenvalue weighted by molar-refractivity contribution is 5.77. The predicted molar refractivity (Wildman–Crippen MR) is 61.2 cm³/mol. The number of carbonyl (C=O) groups is 1. The Labute approximate surface area is 99.1 Å². The van der Waals surface area contributed by atoms with Gasteiger partial charge in [-0.25, -0.2) is 4.98 Å². The van der Waals surface area contributed by atoms with E-state index in [0.29, 0.717) is 6.54 Å². The first-order valence-corrected chi connectivity index (χ1v) is 5.26. The first-order valence-electron chi connectivity index (χ1n) is 5.26. The fourth-order valence-electron chi connectivity index (χ4n) is 1.66. The molecule has 1 heterocycles. The van der Waals surface area contributed by atoms with Crippen LogP contribution in [-0.4, -0.2) is 27.8 Å². The van der Waals surface area contributed by atoms with E-state index in [0.717, 1.165) is 5.56 Å². The fraction of sp³-hybridized carbons (Fsp3) is 0.250. The summed E-state index contributed by atoms with van der Waals surface area (Å²) in [4.78, 5) is 15.6. The van der Waals surface area contributed by atoms with E-state index < -0.39 is 0 Å². The molecule has 0 aliphatic rings. The second-order valence-electron chi connectivity index (χ2n) is 3.60. The Hall–Kier alpha value is -2.17. The molecule has 1 unspecified atom stereocenters. The van der Waals surface area contributed by atoms with Gasteiger partial charge in [-0.1, -0.05) is 30.3 Å². The molecule has 17 heavy (non-hydrogen) atoms. The molecule has 0 aliphatic carbocycles. The largest absolute Gasteiger partial charge is 0.468 e. The second kappa shape index (κ2) is 5.25. The molecule has 0 saturated heterocycles. The summed E-state index contributed by atoms with van der Waals surface area (Å²) in [7, 11) is 1.39. The van der Waals surface area contributed by atoms with Crippen LogP contribution in [0.15, 0.2) is 43.0 Å². The van der Waals surface area contributed by atoms with Crippen molar-refractivity contribution in [2.24, 2.45) is 0 Å². The summed E-state index contributed by atoms with van der Waals surface area (Å²) in [5, 5.41) is 4.00. The highest BCUT2D eigenvalue weighted by atomic mass is 16.5. The maximum absolute atomic E-state index is 11.8. The van der Waals surface area contributed by atoms with E-state index in [2.05, 4.69) is 10.1 Å². The Bertz CT molecular complexity index is 468. The van der Waals surface area contributed by atoms with E-state index >= 15 is 0 Å². The van der Waals surface area contributed by atoms with Gasteiger partial charge in [0.15, 0.2) is 0 Å². The molecule has 1 aromatic heterocycles. The molecule has 0 fully saturated rings. The van der Waals surface area contributed by atoms with Crippen molar-refractivity contribution in [3.63, 3.8) is 0 Å². The molecule has 1 aromatic carbocycles. The molecule has 0 N–H and O–H groups in total. The molecule has 0 spiro atoms. The summed E-state index contributed by atoms with van der Waals surface area (Å²) in [5.41, 5.74) is 0.912. The smallest absolute Gasteiger partial charge is 0.315 e. The van der Waals surface area contributed by atoms with Gasteiger partial charge in [-0.3, -0.25) is 9.48 Å². The summed E-state index contributed by atoms with van der Waals surface area (Å²) in [6.45, 7) is 0.427. The van der Waals surface area contributed by atoms with Crippen molar-refractivity contribution >= 4 is 5.97 Å². The van der Waals surface area contributed by atoms with E-state index in [1.54, 1.807) is 11.0 Å². The van der Waals surface area contributed by atoms with Crippen molar-refractivity contribution in [1.29, 1.82) is 0 Å². The molecule has 0 saturated carbocycles. The SMILES string of the molecule is COC(=O)C(Cn1cncn1)c1ccccc1. The van der Waals surface area contributed by atoms with Crippen molar-refractivity contribution in [2.45, 2.75) is 12.5 Å². The molecule has 2 aromatic rings. The molecular weight excluding hydrogens is 218 g/mol. The van der Waals surface area contributed by atoms with Gasteiger partial charge in [0, 0.05) is 0 Å². The topological polar surface area (TPSA) is 57.0 Å². The number of hydrogen-bond acceptors (Lipinski definition) is 4. The average Bonchev–Trinajstić information content (AvgIpc) is 2.89. The quantitative estimate of drug-likeness (QED) is 0.743. The number of ether oxygens (including phenoxy) is 1. The van der Waals surface area contributed by atoms with E-state index in [1.165, 1.54) is 13.4 Å². The minimum Gasteiger partial charge on any atom is -0.468 e. The van der Waals surface area contributed by atoms with Crippen LogP contribution in [0.2, 0.25) is 0 Å². The van der Waals surface area contributed by atoms with Gasteiger partial charge in [-0.05, 0) is 5.56 Å². The molecule has 88 valence electrons. The monoisotopic (exact) mass is 231 g/mol. The van der Waals surface area contributed by atoms with E-state index in [4.69, 9.17) is 4.74 Å². The number of esters is 1. The number of nitrogens with zero attached hydrogens (tertiary/aromatic N) is 3. The number of hydrogen-bond donors (Lipinski definition) is 0. The van der Waals surface area contributed by atoms with Crippen LogP contribution in [0.3, 0.4) is 0 Å². The van der Waals surface area contributed by atoms with Crippen molar-refractivity contribution in [1.82, 2.24) is 14.8 Å². The molecular formula is C12H13N3O2. The molecule has 0 amide bonds. The van der Waals surface area contributed by atoms with E-state index in [9.17, 15) is 4.79 Å². The van der Waals surface area contributed by atoms with Gasteiger partial charge in [-0.15, -0.1) is 0 Å². The number of rotatable bonds is 4. The standard InChI is InChI=1S/C12H13N3O2/c1-17-12(16)11(7-15-9-13-8-14-15)10-5-3-2-4-6-10/h2-6,8-9,11H,7H2,1H3. The van der Waals surface area contributed by atoms with Gasteiger partial charge in [0.05, 0.1) is 13.7 Å². The normalized spacial score (nSPS) is 12.1. The van der Waals surface area contributed by atoms with Crippen LogP contribution in [0.25, 0.3) is 0 Å². The summed E-state index contributed by atoms with van der Waals surface area (Å²) in [6, 6.07) is 9.50. The minimum absolute atomic E-state index is 0.272. The number of benzene rings is 1. The molecule has 0 radical (unpaired) electrons. The molecule has 0 aliphatic heterocycles. The Morgan fingerprint density at radius 3 is 2.76 bits per heavy atom. The zero-order valence-electron chi connectivity index (χ0n) is 9.48. The lowest BCUT2D eigenvalue weighted by molar-refractivity contribution is -0.142. The molecule has 5 heteroatoms. The third-order valence-corrected chi connectivity index (χ3v) is 2.52. The first kappa shape index (κ1) is 11.3. The Kier molecular flexibility index (Phi) is 3.49. The summed E-state index contributed by atoms with van der Waals surface area (Å²) in [5.74, 6) is -0.630. The van der Waals surface area contributed by atoms with Crippen LogP contribution in [0.4, 0.5) is 0 Å². The van der Waals surface area contributed by atoms with Crippen LogP contribution in [0.1, 0.15) is 11.5 Å². The molecule has 2 rings (SSSR count). The van der Waals surface area contributed by atoms with Crippen LogP contribution in [0.5, 0.6) is 0 Å². The number of aromatic nitrogens is 3. The fourth-order valence-corrected chi connectivity index (χ4v) is 1.66. The Balaban J connectivity index is 2.23. The van der Waals surface area contributed by atoms with Crippen molar-refractivity contribution in [3.8, 4) is 0 Å². The maximum atomic E-state index is 11.8. The van der Waals surface area contributed by atoms with Crippen molar-refractivity contribution in [2.75, 3.05) is 7.11 Å². The Morgan fingerprint density at radius 2 is 2.18 bits per heavy atom. The average molecular weight is 231 g/mol. The van der Waals surface area contributed by atoms with E-state index in [-0.39, 0.29) is 11.9 Å². The molecule has 5 nitrogen and oxygen atoms in total. The number of methoxy groups -OCH3 is 1. The van der Waals surface area contributed by atoms with Gasteiger partial charge in [0.1, 0.15) is 18.6 Å². The van der Waals surface area contributed by atoms with Gasteiger partial charge in [0.25, 0.3) is 0 Å². The predicted octanol–water partition coefficient (Wildman–Crippen LogP) is 1.23. The van der Waals surface area contributed by atoms with Crippen LogP contribution in [-0.2, 0) is 16.1 Å². The first-order chi connectivity index (χ1) is 8.31. The highest BCUT2D eigenvalue weighted by Crippen LogP contribution is 2.18. The summed E-state index contributed by atoms with van der Waals surface area (Å²) < 4.78 is 6.43.